The number of hydrogen-bond acceptors (Lipinski definition) is 6. The van der Waals surface area contributed by atoms with Crippen LogP contribution in [-0.2, 0) is 14.2 Å². The van der Waals surface area contributed by atoms with Crippen LogP contribution in [0.1, 0.15) is 19.8 Å². The maximum atomic E-state index is 6.53. The molecule has 1 aliphatic heterocycles. The number of para-hydroxylation sites is 3. The average molecular weight is 495 g/mol. The zero-order chi connectivity index (χ0) is 24.2. The largest absolute Gasteiger partial charge is 0.699 e. The van der Waals surface area contributed by atoms with Gasteiger partial charge in [-0.25, -0.2) is 0 Å². The molecule has 1 fully saturated rings. The molecule has 3 aromatic rings. The average Bonchev–Trinajstić information content (AvgIpc) is 3.72. The highest BCUT2D eigenvalue weighted by Gasteiger charge is 2.48. The van der Waals surface area contributed by atoms with E-state index < -0.39 is 8.80 Å². The zero-order valence-corrected chi connectivity index (χ0v) is 21.2. The molecule has 1 aliphatic rings. The molecule has 4 rings (SSSR count). The van der Waals surface area contributed by atoms with Crippen molar-refractivity contribution in [2.24, 2.45) is 0 Å². The highest BCUT2D eigenvalue weighted by molar-refractivity contribution is 6.63. The van der Waals surface area contributed by atoms with Crippen LogP contribution in [0.4, 0.5) is 0 Å². The Morgan fingerprint density at radius 1 is 0.800 bits per heavy atom. The van der Waals surface area contributed by atoms with Gasteiger partial charge in [0, 0.05) is 6.61 Å². The van der Waals surface area contributed by atoms with Crippen LogP contribution in [0.3, 0.4) is 0 Å². The van der Waals surface area contributed by atoms with Crippen molar-refractivity contribution in [2.75, 3.05) is 26.4 Å². The summed E-state index contributed by atoms with van der Waals surface area (Å²) in [5.74, 6) is 2.15. The SMILES string of the molecule is CCC(COCCC[Si](Oc1ccccc1)(Oc1ccccc1)Oc1ccccc1)OCC1CO1. The summed E-state index contributed by atoms with van der Waals surface area (Å²) in [5, 5.41) is 0. The van der Waals surface area contributed by atoms with Crippen LogP contribution < -0.4 is 13.3 Å². The Morgan fingerprint density at radius 2 is 1.29 bits per heavy atom. The van der Waals surface area contributed by atoms with E-state index in [1.54, 1.807) is 0 Å². The van der Waals surface area contributed by atoms with E-state index in [2.05, 4.69) is 6.92 Å². The van der Waals surface area contributed by atoms with Gasteiger partial charge in [0.2, 0.25) is 0 Å². The lowest BCUT2D eigenvalue weighted by molar-refractivity contribution is -0.0229. The lowest BCUT2D eigenvalue weighted by Gasteiger charge is -2.30. The predicted molar refractivity (Wildman–Crippen MR) is 137 cm³/mol. The number of benzene rings is 3. The third-order valence-corrected chi connectivity index (χ3v) is 8.11. The van der Waals surface area contributed by atoms with Crippen molar-refractivity contribution >= 4 is 8.80 Å². The summed E-state index contributed by atoms with van der Waals surface area (Å²) in [6.45, 7) is 4.65. The lowest BCUT2D eigenvalue weighted by atomic mass is 10.3. The summed E-state index contributed by atoms with van der Waals surface area (Å²) in [6.07, 6.45) is 1.96. The maximum Gasteiger partial charge on any atom is 0.699 e. The van der Waals surface area contributed by atoms with Gasteiger partial charge in [0.1, 0.15) is 23.4 Å². The second kappa shape index (κ2) is 13.3. The molecule has 0 spiro atoms. The fourth-order valence-corrected chi connectivity index (χ4v) is 6.01. The minimum absolute atomic E-state index is 0.0721. The van der Waals surface area contributed by atoms with Crippen molar-refractivity contribution in [3.05, 3.63) is 91.0 Å². The Hall–Kier alpha value is -2.84. The first kappa shape index (κ1) is 25.3. The molecule has 6 nitrogen and oxygen atoms in total. The molecule has 7 heteroatoms. The van der Waals surface area contributed by atoms with Crippen molar-refractivity contribution in [1.29, 1.82) is 0 Å². The van der Waals surface area contributed by atoms with Crippen LogP contribution in [-0.4, -0.2) is 47.4 Å². The quantitative estimate of drug-likeness (QED) is 0.143. The molecule has 0 N–H and O–H groups in total. The van der Waals surface area contributed by atoms with E-state index in [0.717, 1.165) is 19.4 Å². The van der Waals surface area contributed by atoms with Crippen molar-refractivity contribution in [3.63, 3.8) is 0 Å². The molecule has 0 aromatic heterocycles. The fraction of sp³-hybridized carbons (Fsp3) is 0.357. The second-order valence-electron chi connectivity index (χ2n) is 8.43. The number of hydrogen-bond donors (Lipinski definition) is 0. The standard InChI is InChI=1S/C28H34O6Si/c1-2-24(30-22-28-23-31-28)21-29-19-12-20-35(32-25-13-6-3-7-14-25,33-26-15-8-4-9-16-26)34-27-17-10-5-11-18-27/h3-11,13-18,24,28H,2,12,19-23H2,1H3. The van der Waals surface area contributed by atoms with E-state index in [1.165, 1.54) is 0 Å². The number of rotatable bonds is 16. The van der Waals surface area contributed by atoms with Gasteiger partial charge in [-0.3, -0.25) is 0 Å². The number of ether oxygens (including phenoxy) is 3. The highest BCUT2D eigenvalue weighted by atomic mass is 28.4. The highest BCUT2D eigenvalue weighted by Crippen LogP contribution is 2.27. The Kier molecular flexibility index (Phi) is 9.60. The van der Waals surface area contributed by atoms with E-state index >= 15 is 0 Å². The third-order valence-electron chi connectivity index (χ3n) is 5.50. The Labute approximate surface area is 209 Å². The van der Waals surface area contributed by atoms with Crippen molar-refractivity contribution in [1.82, 2.24) is 0 Å². The summed E-state index contributed by atoms with van der Waals surface area (Å²) in [4.78, 5) is 0. The topological polar surface area (TPSA) is 58.7 Å². The van der Waals surface area contributed by atoms with Crippen LogP contribution >= 0.6 is 0 Å². The Balaban J connectivity index is 1.43. The summed E-state index contributed by atoms with van der Waals surface area (Å²) < 4.78 is 36.7. The minimum Gasteiger partial charge on any atom is -0.483 e. The number of epoxide rings is 1. The molecular formula is C28H34O6Si. The fourth-order valence-electron chi connectivity index (χ4n) is 3.52. The molecule has 0 bridgehead atoms. The third kappa shape index (κ3) is 8.71. The molecule has 3 aromatic carbocycles. The van der Waals surface area contributed by atoms with Crippen molar-refractivity contribution in [3.8, 4) is 17.2 Å². The zero-order valence-electron chi connectivity index (χ0n) is 20.2. The van der Waals surface area contributed by atoms with Crippen molar-refractivity contribution in [2.45, 2.75) is 38.0 Å². The summed E-state index contributed by atoms with van der Waals surface area (Å²) in [7, 11) is -3.25. The van der Waals surface area contributed by atoms with E-state index in [0.29, 0.717) is 43.1 Å². The minimum atomic E-state index is -3.25. The summed E-state index contributed by atoms with van der Waals surface area (Å²) >= 11 is 0. The molecule has 1 heterocycles. The lowest BCUT2D eigenvalue weighted by Crippen LogP contribution is -2.55. The summed E-state index contributed by atoms with van der Waals surface area (Å²) in [5.41, 5.74) is 0. The first-order valence-corrected chi connectivity index (χ1v) is 14.2. The molecule has 35 heavy (non-hydrogen) atoms. The van der Waals surface area contributed by atoms with E-state index in [-0.39, 0.29) is 12.2 Å². The normalized spacial score (nSPS) is 15.9. The molecule has 2 atom stereocenters. The van der Waals surface area contributed by atoms with Gasteiger partial charge < -0.3 is 27.5 Å². The molecule has 186 valence electrons. The second-order valence-corrected chi connectivity index (χ2v) is 10.9. The van der Waals surface area contributed by atoms with Gasteiger partial charge in [0.25, 0.3) is 0 Å². The van der Waals surface area contributed by atoms with Gasteiger partial charge in [0.15, 0.2) is 0 Å². The van der Waals surface area contributed by atoms with Gasteiger partial charge in [0.05, 0.1) is 32.0 Å². The monoisotopic (exact) mass is 494 g/mol. The first-order chi connectivity index (χ1) is 17.2. The van der Waals surface area contributed by atoms with Crippen LogP contribution in [0.5, 0.6) is 17.2 Å². The van der Waals surface area contributed by atoms with Gasteiger partial charge >= 0.3 is 8.80 Å². The summed E-state index contributed by atoms with van der Waals surface area (Å²) in [6, 6.07) is 29.7. The molecule has 2 unspecified atom stereocenters. The van der Waals surface area contributed by atoms with Crippen LogP contribution in [0, 0.1) is 0 Å². The Bertz CT molecular complexity index is 867. The van der Waals surface area contributed by atoms with Crippen molar-refractivity contribution < 1.29 is 27.5 Å². The Morgan fingerprint density at radius 3 is 1.71 bits per heavy atom. The predicted octanol–water partition coefficient (Wildman–Crippen LogP) is 5.76. The van der Waals surface area contributed by atoms with Gasteiger partial charge in [-0.2, -0.15) is 0 Å². The molecule has 0 aliphatic carbocycles. The van der Waals surface area contributed by atoms with Gasteiger partial charge in [-0.05, 0) is 49.2 Å². The van der Waals surface area contributed by atoms with Crippen LogP contribution in [0.2, 0.25) is 6.04 Å². The van der Waals surface area contributed by atoms with Crippen LogP contribution in [0.15, 0.2) is 91.0 Å². The maximum absolute atomic E-state index is 6.53. The molecule has 0 saturated carbocycles. The van der Waals surface area contributed by atoms with E-state index in [1.807, 2.05) is 91.0 Å². The first-order valence-electron chi connectivity index (χ1n) is 12.3. The van der Waals surface area contributed by atoms with Crippen LogP contribution in [0.25, 0.3) is 0 Å². The molecule has 1 saturated heterocycles. The van der Waals surface area contributed by atoms with Gasteiger partial charge in [-0.1, -0.05) is 61.5 Å². The molecular weight excluding hydrogens is 460 g/mol. The molecule has 0 amide bonds. The smallest absolute Gasteiger partial charge is 0.483 e. The molecule has 0 radical (unpaired) electrons. The van der Waals surface area contributed by atoms with E-state index in [4.69, 9.17) is 27.5 Å². The van der Waals surface area contributed by atoms with Gasteiger partial charge in [-0.15, -0.1) is 0 Å². The van der Waals surface area contributed by atoms with E-state index in [9.17, 15) is 0 Å².